The largest absolute Gasteiger partial charge is 0.470 e. The highest BCUT2D eigenvalue weighted by molar-refractivity contribution is 6.16. The minimum Gasteiger partial charge on any atom is -0.470 e. The molecule has 0 aliphatic carbocycles. The zero-order valence-corrected chi connectivity index (χ0v) is 10.3. The van der Waals surface area contributed by atoms with Crippen LogP contribution in [-0.4, -0.2) is 24.0 Å². The number of allylic oxidation sites excluding steroid dienone is 1. The predicted molar refractivity (Wildman–Crippen MR) is 61.0 cm³/mol. The first-order valence-corrected chi connectivity index (χ1v) is 5.63. The Hall–Kier alpha value is -1.58. The Labute approximate surface area is 100 Å². The van der Waals surface area contributed by atoms with Crippen molar-refractivity contribution in [2.24, 2.45) is 11.3 Å². The van der Waals surface area contributed by atoms with Crippen LogP contribution in [0.25, 0.3) is 0 Å². The van der Waals surface area contributed by atoms with E-state index in [1.54, 1.807) is 13.0 Å². The first-order valence-electron chi connectivity index (χ1n) is 5.63. The van der Waals surface area contributed by atoms with Crippen molar-refractivity contribution >= 4 is 11.8 Å². The predicted octanol–water partition coefficient (Wildman–Crippen LogP) is 1.61. The molecule has 0 bridgehead atoms. The van der Waals surface area contributed by atoms with Gasteiger partial charge in [-0.05, 0) is 6.92 Å². The lowest BCUT2D eigenvalue weighted by molar-refractivity contribution is -0.161. The van der Waals surface area contributed by atoms with Crippen molar-refractivity contribution in [2.45, 2.75) is 26.4 Å². The van der Waals surface area contributed by atoms with E-state index in [9.17, 15) is 9.59 Å². The van der Waals surface area contributed by atoms with Crippen LogP contribution >= 0.6 is 0 Å². The molecule has 2 aliphatic heterocycles. The van der Waals surface area contributed by atoms with Crippen molar-refractivity contribution in [3.63, 3.8) is 0 Å². The number of rotatable bonds is 2. The van der Waals surface area contributed by atoms with Gasteiger partial charge in [0, 0.05) is 12.0 Å². The third kappa shape index (κ3) is 1.30. The van der Waals surface area contributed by atoms with E-state index >= 15 is 0 Å². The summed E-state index contributed by atoms with van der Waals surface area (Å²) in [6.45, 7) is 9.37. The molecule has 0 aromatic rings. The average Bonchev–Trinajstić information content (AvgIpc) is 2.75. The van der Waals surface area contributed by atoms with Gasteiger partial charge in [-0.3, -0.25) is 4.79 Å². The highest BCUT2D eigenvalue weighted by Gasteiger charge is 2.68. The second-order valence-electron chi connectivity index (χ2n) is 5.05. The molecule has 92 valence electrons. The topological polar surface area (TPSA) is 52.6 Å². The molecule has 4 nitrogen and oxygen atoms in total. The Morgan fingerprint density at radius 1 is 1.47 bits per heavy atom. The lowest BCUT2D eigenvalue weighted by atomic mass is 9.73. The normalized spacial score (nSPS) is 36.1. The van der Waals surface area contributed by atoms with Crippen LogP contribution in [0.1, 0.15) is 20.8 Å². The van der Waals surface area contributed by atoms with Crippen molar-refractivity contribution < 1.29 is 19.1 Å². The molecule has 1 spiro atoms. The van der Waals surface area contributed by atoms with E-state index in [2.05, 4.69) is 6.58 Å². The highest BCUT2D eigenvalue weighted by atomic mass is 16.6. The van der Waals surface area contributed by atoms with E-state index in [0.29, 0.717) is 5.76 Å². The molecule has 2 heterocycles. The number of ether oxygens (including phenoxy) is 2. The summed E-state index contributed by atoms with van der Waals surface area (Å²) in [7, 11) is 0. The minimum absolute atomic E-state index is 0.0563. The SMILES string of the molecule is C=C[C@@]1(C)COC(=O)[C@]12OC(C(C)C)=CC2=O. The average molecular weight is 236 g/mol. The molecule has 2 aliphatic rings. The van der Waals surface area contributed by atoms with E-state index in [0.717, 1.165) is 0 Å². The van der Waals surface area contributed by atoms with Gasteiger partial charge in [0.1, 0.15) is 12.4 Å². The second-order valence-corrected chi connectivity index (χ2v) is 5.05. The Balaban J connectivity index is 2.48. The number of ketones is 1. The third-order valence-corrected chi connectivity index (χ3v) is 3.51. The van der Waals surface area contributed by atoms with Crippen LogP contribution in [0, 0.1) is 11.3 Å². The van der Waals surface area contributed by atoms with Gasteiger partial charge in [-0.1, -0.05) is 19.9 Å². The lowest BCUT2D eigenvalue weighted by Gasteiger charge is -2.32. The van der Waals surface area contributed by atoms with Gasteiger partial charge in [0.2, 0.25) is 5.78 Å². The standard InChI is InChI=1S/C13H16O4/c1-5-12(4)7-16-11(15)13(12)10(14)6-9(17-13)8(2)3/h5-6,8H,1,7H2,2-4H3/t12-,13-/m0/s1. The highest BCUT2D eigenvalue weighted by Crippen LogP contribution is 2.48. The molecule has 1 fully saturated rings. The molecule has 17 heavy (non-hydrogen) atoms. The Morgan fingerprint density at radius 3 is 2.59 bits per heavy atom. The van der Waals surface area contributed by atoms with E-state index < -0.39 is 17.0 Å². The van der Waals surface area contributed by atoms with Gasteiger partial charge in [-0.15, -0.1) is 6.58 Å². The number of hydrogen-bond acceptors (Lipinski definition) is 4. The van der Waals surface area contributed by atoms with E-state index in [1.165, 1.54) is 6.08 Å². The van der Waals surface area contributed by atoms with E-state index in [1.807, 2.05) is 13.8 Å². The molecule has 2 atom stereocenters. The molecule has 0 unspecified atom stereocenters. The summed E-state index contributed by atoms with van der Waals surface area (Å²) in [6, 6.07) is 0. The van der Waals surface area contributed by atoms with Gasteiger partial charge in [0.15, 0.2) is 0 Å². The Bertz CT molecular complexity index is 435. The molecular formula is C13H16O4. The fourth-order valence-electron chi connectivity index (χ4n) is 2.17. The van der Waals surface area contributed by atoms with Gasteiger partial charge < -0.3 is 9.47 Å². The number of carbonyl (C=O) groups excluding carboxylic acids is 2. The number of hydrogen-bond donors (Lipinski definition) is 0. The molecule has 0 aromatic heterocycles. The van der Waals surface area contributed by atoms with Gasteiger partial charge >= 0.3 is 5.97 Å². The van der Waals surface area contributed by atoms with Gasteiger partial charge in [0.05, 0.1) is 5.41 Å². The van der Waals surface area contributed by atoms with Crippen LogP contribution in [-0.2, 0) is 19.1 Å². The zero-order chi connectivity index (χ0) is 12.8. The second kappa shape index (κ2) is 3.45. The van der Waals surface area contributed by atoms with Gasteiger partial charge in [-0.25, -0.2) is 4.79 Å². The number of esters is 1. The molecular weight excluding hydrogens is 220 g/mol. The number of carbonyl (C=O) groups is 2. The van der Waals surface area contributed by atoms with Gasteiger partial charge in [0.25, 0.3) is 5.60 Å². The molecule has 0 radical (unpaired) electrons. The van der Waals surface area contributed by atoms with Crippen molar-refractivity contribution in [3.8, 4) is 0 Å². The summed E-state index contributed by atoms with van der Waals surface area (Å²) in [5, 5.41) is 0. The van der Waals surface area contributed by atoms with E-state index in [-0.39, 0.29) is 18.3 Å². The first-order chi connectivity index (χ1) is 7.87. The summed E-state index contributed by atoms with van der Waals surface area (Å²) in [6.07, 6.45) is 2.96. The van der Waals surface area contributed by atoms with Crippen LogP contribution in [0.2, 0.25) is 0 Å². The van der Waals surface area contributed by atoms with Crippen LogP contribution in [0.5, 0.6) is 0 Å². The monoisotopic (exact) mass is 236 g/mol. The maximum atomic E-state index is 12.1. The van der Waals surface area contributed by atoms with Crippen molar-refractivity contribution in [1.82, 2.24) is 0 Å². The summed E-state index contributed by atoms with van der Waals surface area (Å²) in [4.78, 5) is 24.1. The molecule has 0 aromatic carbocycles. The van der Waals surface area contributed by atoms with Crippen LogP contribution in [0.3, 0.4) is 0 Å². The molecule has 1 saturated heterocycles. The molecule has 0 saturated carbocycles. The van der Waals surface area contributed by atoms with Crippen LogP contribution in [0.15, 0.2) is 24.5 Å². The first kappa shape index (κ1) is 11.9. The fraction of sp³-hybridized carbons (Fsp3) is 0.538. The van der Waals surface area contributed by atoms with Crippen molar-refractivity contribution in [3.05, 3.63) is 24.5 Å². The van der Waals surface area contributed by atoms with Crippen molar-refractivity contribution in [2.75, 3.05) is 6.61 Å². The maximum Gasteiger partial charge on any atom is 0.359 e. The molecule has 0 N–H and O–H groups in total. The summed E-state index contributed by atoms with van der Waals surface area (Å²) in [5.41, 5.74) is -2.36. The fourth-order valence-corrected chi connectivity index (χ4v) is 2.17. The number of cyclic esters (lactones) is 1. The van der Waals surface area contributed by atoms with Crippen LogP contribution in [0.4, 0.5) is 0 Å². The Morgan fingerprint density at radius 2 is 2.12 bits per heavy atom. The molecule has 4 heteroatoms. The lowest BCUT2D eigenvalue weighted by Crippen LogP contribution is -2.52. The molecule has 0 amide bonds. The maximum absolute atomic E-state index is 12.1. The minimum atomic E-state index is -1.55. The summed E-state index contributed by atoms with van der Waals surface area (Å²) in [5.74, 6) is -0.370. The summed E-state index contributed by atoms with van der Waals surface area (Å²) < 4.78 is 10.7. The third-order valence-electron chi connectivity index (χ3n) is 3.51. The zero-order valence-electron chi connectivity index (χ0n) is 10.3. The summed E-state index contributed by atoms with van der Waals surface area (Å²) >= 11 is 0. The van der Waals surface area contributed by atoms with Gasteiger partial charge in [-0.2, -0.15) is 0 Å². The quantitative estimate of drug-likeness (QED) is 0.415. The molecule has 2 rings (SSSR count). The smallest absolute Gasteiger partial charge is 0.359 e. The van der Waals surface area contributed by atoms with Crippen LogP contribution < -0.4 is 0 Å². The van der Waals surface area contributed by atoms with Crippen molar-refractivity contribution in [1.29, 1.82) is 0 Å². The Kier molecular flexibility index (Phi) is 2.42. The van der Waals surface area contributed by atoms with E-state index in [4.69, 9.17) is 9.47 Å².